The molecule has 1 aliphatic heterocycles. The number of allylic oxidation sites excluding steroid dienone is 1. The van der Waals surface area contributed by atoms with Gasteiger partial charge in [0.1, 0.15) is 11.6 Å². The van der Waals surface area contributed by atoms with Crippen molar-refractivity contribution in [1.82, 2.24) is 0 Å². The normalized spacial score (nSPS) is 18.5. The summed E-state index contributed by atoms with van der Waals surface area (Å²) in [6, 6.07) is 9.09. The fourth-order valence-corrected chi connectivity index (χ4v) is 3.43. The number of hydrogen-bond donors (Lipinski definition) is 0. The van der Waals surface area contributed by atoms with Crippen LogP contribution in [-0.2, 0) is 9.47 Å². The zero-order chi connectivity index (χ0) is 22.0. The van der Waals surface area contributed by atoms with Crippen molar-refractivity contribution in [2.45, 2.75) is 12.7 Å². The van der Waals surface area contributed by atoms with Gasteiger partial charge >= 0.3 is 0 Å². The van der Waals surface area contributed by atoms with E-state index in [1.165, 1.54) is 24.3 Å². The van der Waals surface area contributed by atoms with Gasteiger partial charge in [-0.2, -0.15) is 0 Å². The lowest BCUT2D eigenvalue weighted by atomic mass is 10.0. The molecule has 1 heterocycles. The molecule has 0 unspecified atom stereocenters. The molecule has 1 fully saturated rings. The minimum absolute atomic E-state index is 0.107. The van der Waals surface area contributed by atoms with Crippen LogP contribution in [0.4, 0.5) is 17.6 Å². The van der Waals surface area contributed by atoms with Gasteiger partial charge in [0, 0.05) is 22.4 Å². The van der Waals surface area contributed by atoms with Gasteiger partial charge in [0.05, 0.1) is 18.8 Å². The van der Waals surface area contributed by atoms with Gasteiger partial charge in [-0.3, -0.25) is 0 Å². The first kappa shape index (κ1) is 21.1. The fourth-order valence-electron chi connectivity index (χ4n) is 3.43. The second-order valence-electron chi connectivity index (χ2n) is 7.30. The Morgan fingerprint density at radius 3 is 2.29 bits per heavy atom. The van der Waals surface area contributed by atoms with Crippen molar-refractivity contribution in [3.05, 3.63) is 95.1 Å². The van der Waals surface area contributed by atoms with Gasteiger partial charge in [0.25, 0.3) is 0 Å². The summed E-state index contributed by atoms with van der Waals surface area (Å²) in [6.07, 6.45) is 1.66. The number of halogens is 4. The fraction of sp³-hybridized carbons (Fsp3) is 0.200. The van der Waals surface area contributed by atoms with Crippen LogP contribution in [0, 0.1) is 41.0 Å². The van der Waals surface area contributed by atoms with E-state index in [2.05, 4.69) is 18.4 Å². The molecule has 3 aromatic carbocycles. The third-order valence-electron chi connectivity index (χ3n) is 5.04. The van der Waals surface area contributed by atoms with E-state index in [1.807, 2.05) is 0 Å². The van der Waals surface area contributed by atoms with Gasteiger partial charge in [0.15, 0.2) is 17.9 Å². The van der Waals surface area contributed by atoms with Crippen LogP contribution >= 0.6 is 0 Å². The molecule has 31 heavy (non-hydrogen) atoms. The van der Waals surface area contributed by atoms with Crippen molar-refractivity contribution < 1.29 is 27.0 Å². The predicted molar refractivity (Wildman–Crippen MR) is 109 cm³/mol. The maximum Gasteiger partial charge on any atom is 0.184 e. The summed E-state index contributed by atoms with van der Waals surface area (Å²) in [5.41, 5.74) is 0.254. The van der Waals surface area contributed by atoms with Crippen LogP contribution in [-0.4, -0.2) is 13.2 Å². The minimum Gasteiger partial charge on any atom is -0.348 e. The second kappa shape index (κ2) is 8.93. The highest BCUT2D eigenvalue weighted by Gasteiger charge is 2.24. The minimum atomic E-state index is -0.951. The smallest absolute Gasteiger partial charge is 0.184 e. The molecule has 0 bridgehead atoms. The third kappa shape index (κ3) is 4.48. The van der Waals surface area contributed by atoms with Crippen molar-refractivity contribution in [2.75, 3.05) is 13.2 Å². The molecule has 0 N–H and O–H groups in total. The molecule has 0 aromatic heterocycles. The molecule has 0 radical (unpaired) electrons. The van der Waals surface area contributed by atoms with E-state index in [0.717, 1.165) is 24.6 Å². The van der Waals surface area contributed by atoms with Crippen LogP contribution in [0.2, 0.25) is 0 Å². The average Bonchev–Trinajstić information content (AvgIpc) is 2.76. The molecule has 0 atom stereocenters. The number of hydrogen-bond acceptors (Lipinski definition) is 2. The van der Waals surface area contributed by atoms with Crippen LogP contribution in [0.5, 0.6) is 0 Å². The van der Waals surface area contributed by atoms with E-state index in [9.17, 15) is 17.6 Å². The monoisotopic (exact) mass is 426 g/mol. The molecule has 158 valence electrons. The van der Waals surface area contributed by atoms with Crippen molar-refractivity contribution in [3.8, 4) is 11.8 Å². The molecule has 0 aliphatic carbocycles. The molecule has 0 saturated carbocycles. The zero-order valence-corrected chi connectivity index (χ0v) is 16.4. The van der Waals surface area contributed by atoms with Crippen LogP contribution < -0.4 is 0 Å². The van der Waals surface area contributed by atoms with Gasteiger partial charge in [-0.1, -0.05) is 30.0 Å². The van der Waals surface area contributed by atoms with E-state index in [-0.39, 0.29) is 16.9 Å². The Hall–Kier alpha value is -3.14. The topological polar surface area (TPSA) is 18.5 Å². The van der Waals surface area contributed by atoms with Crippen LogP contribution in [0.25, 0.3) is 10.8 Å². The Morgan fingerprint density at radius 2 is 1.61 bits per heavy atom. The first-order valence-corrected chi connectivity index (χ1v) is 9.69. The lowest BCUT2D eigenvalue weighted by Crippen LogP contribution is -2.26. The lowest BCUT2D eigenvalue weighted by Gasteiger charge is -2.29. The van der Waals surface area contributed by atoms with E-state index < -0.39 is 35.1 Å². The Morgan fingerprint density at radius 1 is 0.903 bits per heavy atom. The average molecular weight is 426 g/mol. The van der Waals surface area contributed by atoms with Gasteiger partial charge in [-0.15, -0.1) is 6.58 Å². The van der Waals surface area contributed by atoms with E-state index in [4.69, 9.17) is 9.47 Å². The van der Waals surface area contributed by atoms with Crippen LogP contribution in [0.1, 0.15) is 29.4 Å². The van der Waals surface area contributed by atoms with Crippen LogP contribution in [0.15, 0.2) is 55.1 Å². The predicted octanol–water partition coefficient (Wildman–Crippen LogP) is 6.03. The molecule has 3 aromatic rings. The molecule has 4 rings (SSSR count). The second-order valence-corrected chi connectivity index (χ2v) is 7.30. The molecule has 6 heteroatoms. The summed E-state index contributed by atoms with van der Waals surface area (Å²) in [6.45, 7) is 4.49. The van der Waals surface area contributed by atoms with Gasteiger partial charge in [-0.05, 0) is 42.1 Å². The Kier molecular flexibility index (Phi) is 6.08. The van der Waals surface area contributed by atoms with E-state index in [0.29, 0.717) is 24.2 Å². The van der Waals surface area contributed by atoms with Crippen molar-refractivity contribution in [1.29, 1.82) is 0 Å². The van der Waals surface area contributed by atoms with Crippen molar-refractivity contribution in [3.63, 3.8) is 0 Å². The van der Waals surface area contributed by atoms with Crippen molar-refractivity contribution >= 4 is 10.8 Å². The summed E-state index contributed by atoms with van der Waals surface area (Å²) < 4.78 is 67.4. The van der Waals surface area contributed by atoms with E-state index >= 15 is 0 Å². The maximum atomic E-state index is 14.6. The Balaban J connectivity index is 1.57. The number of fused-ring (bicyclic) bond motifs is 1. The Bertz CT molecular complexity index is 1180. The first-order valence-electron chi connectivity index (χ1n) is 9.69. The zero-order valence-electron chi connectivity index (χ0n) is 16.4. The highest BCUT2D eigenvalue weighted by atomic mass is 19.2. The highest BCUT2D eigenvalue weighted by molar-refractivity contribution is 5.84. The maximum absolute atomic E-state index is 14.6. The summed E-state index contributed by atoms with van der Waals surface area (Å²) >= 11 is 0. The molecule has 1 saturated heterocycles. The summed E-state index contributed by atoms with van der Waals surface area (Å²) in [5.74, 6) is 1.75. The molecular weight excluding hydrogens is 408 g/mol. The standard InChI is InChI=1S/C25H18F4O2/c1-2-3-16-13-30-25(31-14-16)18-11-22(27)20(23(28)12-18)8-5-15-4-7-19-17(10-15)6-9-21(26)24(19)29/h2,4,6-7,9-12,16,25H,1,3,13-14H2. The summed E-state index contributed by atoms with van der Waals surface area (Å²) in [7, 11) is 0. The molecule has 1 aliphatic rings. The number of ether oxygens (including phenoxy) is 2. The number of rotatable bonds is 3. The quantitative estimate of drug-likeness (QED) is 0.289. The molecule has 0 spiro atoms. The highest BCUT2D eigenvalue weighted by Crippen LogP contribution is 2.29. The first-order chi connectivity index (χ1) is 15.0. The van der Waals surface area contributed by atoms with E-state index in [1.54, 1.807) is 6.08 Å². The van der Waals surface area contributed by atoms with Gasteiger partial charge < -0.3 is 9.47 Å². The molecular formula is C25H18F4O2. The summed E-state index contributed by atoms with van der Waals surface area (Å²) in [5, 5.41) is 0.540. The Labute approximate surface area is 177 Å². The third-order valence-corrected chi connectivity index (χ3v) is 5.04. The number of benzene rings is 3. The molecule has 0 amide bonds. The summed E-state index contributed by atoms with van der Waals surface area (Å²) in [4.78, 5) is 0. The largest absolute Gasteiger partial charge is 0.348 e. The van der Waals surface area contributed by atoms with Gasteiger partial charge in [0.2, 0.25) is 0 Å². The lowest BCUT2D eigenvalue weighted by molar-refractivity contribution is -0.204. The van der Waals surface area contributed by atoms with Crippen LogP contribution in [0.3, 0.4) is 0 Å². The van der Waals surface area contributed by atoms with Crippen molar-refractivity contribution in [2.24, 2.45) is 5.92 Å². The SMILES string of the molecule is C=CCC1COC(c2cc(F)c(C#Cc3ccc4c(F)c(F)ccc4c3)c(F)c2)OC1. The van der Waals surface area contributed by atoms with Gasteiger partial charge in [-0.25, -0.2) is 17.6 Å². The molecule has 2 nitrogen and oxygen atoms in total.